The van der Waals surface area contributed by atoms with Gasteiger partial charge in [0.25, 0.3) is 0 Å². The molecule has 4 rings (SSSR count). The molecule has 0 unspecified atom stereocenters. The fourth-order valence-electron chi connectivity index (χ4n) is 3.30. The zero-order chi connectivity index (χ0) is 19.7. The van der Waals surface area contributed by atoms with Crippen LogP contribution in [-0.2, 0) is 9.59 Å². The van der Waals surface area contributed by atoms with Gasteiger partial charge in [0.2, 0.25) is 11.8 Å². The molecule has 28 heavy (non-hydrogen) atoms. The maximum Gasteiger partial charge on any atom is 0.231 e. The van der Waals surface area contributed by atoms with E-state index in [9.17, 15) is 9.59 Å². The van der Waals surface area contributed by atoms with E-state index in [4.69, 9.17) is 11.6 Å². The molecule has 1 saturated heterocycles. The average Bonchev–Trinajstić information content (AvgIpc) is 3.25. The van der Waals surface area contributed by atoms with Crippen molar-refractivity contribution in [2.45, 2.75) is 13.3 Å². The molecule has 142 valence electrons. The van der Waals surface area contributed by atoms with Gasteiger partial charge < -0.3 is 10.2 Å². The maximum absolute atomic E-state index is 12.7. The van der Waals surface area contributed by atoms with Gasteiger partial charge in [-0.15, -0.1) is 11.3 Å². The number of hydrogen-bond acceptors (Lipinski definition) is 4. The van der Waals surface area contributed by atoms with Crippen molar-refractivity contribution in [3.8, 4) is 11.3 Å². The third kappa shape index (κ3) is 3.79. The number of aryl methyl sites for hydroxylation is 1. The van der Waals surface area contributed by atoms with Crippen LogP contribution in [0.4, 0.5) is 10.8 Å². The molecule has 1 atom stereocenters. The minimum atomic E-state index is -0.420. The predicted octanol–water partition coefficient (Wildman–Crippen LogP) is 4.76. The van der Waals surface area contributed by atoms with Gasteiger partial charge in [-0.1, -0.05) is 48.0 Å². The number of benzene rings is 2. The second-order valence-corrected chi connectivity index (χ2v) is 8.30. The third-order valence-corrected chi connectivity index (χ3v) is 5.81. The zero-order valence-electron chi connectivity index (χ0n) is 15.2. The van der Waals surface area contributed by atoms with Gasteiger partial charge in [0.1, 0.15) is 0 Å². The molecule has 0 bridgehead atoms. The number of rotatable bonds is 4. The van der Waals surface area contributed by atoms with Gasteiger partial charge in [-0.25, -0.2) is 4.98 Å². The molecule has 3 aromatic rings. The first-order chi connectivity index (χ1) is 13.5. The van der Waals surface area contributed by atoms with Crippen molar-refractivity contribution in [2.24, 2.45) is 5.92 Å². The first kappa shape index (κ1) is 18.7. The second kappa shape index (κ2) is 7.73. The molecule has 1 N–H and O–H groups in total. The summed E-state index contributed by atoms with van der Waals surface area (Å²) < 4.78 is 0. The Hall–Kier alpha value is -2.70. The number of halogens is 1. The van der Waals surface area contributed by atoms with Crippen LogP contribution >= 0.6 is 22.9 Å². The van der Waals surface area contributed by atoms with Crippen LogP contribution in [-0.4, -0.2) is 23.3 Å². The van der Waals surface area contributed by atoms with E-state index in [0.717, 1.165) is 16.1 Å². The van der Waals surface area contributed by atoms with Crippen molar-refractivity contribution in [1.29, 1.82) is 0 Å². The number of hydrogen-bond donors (Lipinski definition) is 1. The molecule has 0 aliphatic carbocycles. The van der Waals surface area contributed by atoms with Gasteiger partial charge in [-0.2, -0.15) is 0 Å². The number of carbonyl (C=O) groups is 2. The van der Waals surface area contributed by atoms with Crippen LogP contribution in [0.1, 0.15) is 11.3 Å². The summed E-state index contributed by atoms with van der Waals surface area (Å²) in [6, 6.07) is 17.0. The highest BCUT2D eigenvalue weighted by atomic mass is 35.5. The molecule has 1 aliphatic heterocycles. The van der Waals surface area contributed by atoms with Crippen LogP contribution in [0.5, 0.6) is 0 Å². The summed E-state index contributed by atoms with van der Waals surface area (Å²) in [5, 5.41) is 3.99. The molecule has 1 aliphatic rings. The highest BCUT2D eigenvalue weighted by Gasteiger charge is 2.35. The Kier molecular flexibility index (Phi) is 5.15. The van der Waals surface area contributed by atoms with Gasteiger partial charge in [0.05, 0.1) is 11.6 Å². The van der Waals surface area contributed by atoms with E-state index >= 15 is 0 Å². The lowest BCUT2D eigenvalue weighted by atomic mass is 10.1. The van der Waals surface area contributed by atoms with Gasteiger partial charge >= 0.3 is 0 Å². The Labute approximate surface area is 172 Å². The van der Waals surface area contributed by atoms with E-state index in [2.05, 4.69) is 10.3 Å². The SMILES string of the molecule is Cc1sc(NC(=O)[C@@H]2CC(=O)N(c3cccc(Cl)c3)C2)nc1-c1ccccc1. The fourth-order valence-corrected chi connectivity index (χ4v) is 4.32. The van der Waals surface area contributed by atoms with E-state index in [1.807, 2.05) is 43.3 Å². The van der Waals surface area contributed by atoms with Crippen LogP contribution in [0.2, 0.25) is 5.02 Å². The van der Waals surface area contributed by atoms with E-state index < -0.39 is 5.92 Å². The molecule has 2 heterocycles. The normalized spacial score (nSPS) is 16.4. The predicted molar refractivity (Wildman–Crippen MR) is 113 cm³/mol. The summed E-state index contributed by atoms with van der Waals surface area (Å²) in [7, 11) is 0. The van der Waals surface area contributed by atoms with Crippen LogP contribution in [0, 0.1) is 12.8 Å². The Balaban J connectivity index is 1.47. The van der Waals surface area contributed by atoms with Crippen molar-refractivity contribution in [2.75, 3.05) is 16.8 Å². The summed E-state index contributed by atoms with van der Waals surface area (Å²) in [5.41, 5.74) is 2.59. The van der Waals surface area contributed by atoms with E-state index in [-0.39, 0.29) is 18.2 Å². The van der Waals surface area contributed by atoms with Gasteiger partial charge in [0.15, 0.2) is 5.13 Å². The van der Waals surface area contributed by atoms with Gasteiger partial charge in [0, 0.05) is 34.1 Å². The van der Waals surface area contributed by atoms with Crippen LogP contribution in [0.3, 0.4) is 0 Å². The molecule has 2 aromatic carbocycles. The van der Waals surface area contributed by atoms with E-state index in [1.54, 1.807) is 23.1 Å². The quantitative estimate of drug-likeness (QED) is 0.673. The molecular formula is C21H18ClN3O2S. The second-order valence-electron chi connectivity index (χ2n) is 6.66. The number of thiazole rings is 1. The molecule has 2 amide bonds. The van der Waals surface area contributed by atoms with Gasteiger partial charge in [-0.05, 0) is 25.1 Å². The highest BCUT2D eigenvalue weighted by Crippen LogP contribution is 2.32. The van der Waals surface area contributed by atoms with E-state index in [0.29, 0.717) is 22.4 Å². The van der Waals surface area contributed by atoms with Crippen LogP contribution < -0.4 is 10.2 Å². The number of carbonyl (C=O) groups excluding carboxylic acids is 2. The lowest BCUT2D eigenvalue weighted by molar-refractivity contribution is -0.122. The Morgan fingerprint density at radius 2 is 2.00 bits per heavy atom. The molecule has 0 radical (unpaired) electrons. The van der Waals surface area contributed by atoms with Crippen molar-refractivity contribution in [3.05, 3.63) is 64.5 Å². The summed E-state index contributed by atoms with van der Waals surface area (Å²) in [6.45, 7) is 2.32. The average molecular weight is 412 g/mol. The zero-order valence-corrected chi connectivity index (χ0v) is 16.8. The molecule has 1 fully saturated rings. The molecule has 1 aromatic heterocycles. The fraction of sp³-hybridized carbons (Fsp3) is 0.190. The number of aromatic nitrogens is 1. The standard InChI is InChI=1S/C21H18ClN3O2S/c1-13-19(14-6-3-2-4-7-14)23-21(28-13)24-20(27)15-10-18(26)25(12-15)17-9-5-8-16(22)11-17/h2-9,11,15H,10,12H2,1H3,(H,23,24,27)/t15-/m1/s1. The molecule has 0 saturated carbocycles. The maximum atomic E-state index is 12.7. The van der Waals surface area contributed by atoms with Crippen LogP contribution in [0.25, 0.3) is 11.3 Å². The minimum Gasteiger partial charge on any atom is -0.312 e. The lowest BCUT2D eigenvalue weighted by Crippen LogP contribution is -2.28. The summed E-state index contributed by atoms with van der Waals surface area (Å²) >= 11 is 7.46. The summed E-state index contributed by atoms with van der Waals surface area (Å²) in [5.74, 6) is -0.690. The van der Waals surface area contributed by atoms with Crippen molar-refractivity contribution in [3.63, 3.8) is 0 Å². The first-order valence-corrected chi connectivity index (χ1v) is 10.1. The van der Waals surface area contributed by atoms with Crippen molar-refractivity contribution < 1.29 is 9.59 Å². The summed E-state index contributed by atoms with van der Waals surface area (Å²) in [6.07, 6.45) is 0.175. The molecule has 7 heteroatoms. The number of nitrogens with zero attached hydrogens (tertiary/aromatic N) is 2. The third-order valence-electron chi connectivity index (χ3n) is 4.69. The number of anilines is 2. The van der Waals surface area contributed by atoms with Crippen LogP contribution in [0.15, 0.2) is 54.6 Å². The van der Waals surface area contributed by atoms with Gasteiger partial charge in [-0.3, -0.25) is 9.59 Å². The molecule has 5 nitrogen and oxygen atoms in total. The molecular weight excluding hydrogens is 394 g/mol. The Morgan fingerprint density at radius 3 is 2.75 bits per heavy atom. The largest absolute Gasteiger partial charge is 0.312 e. The smallest absolute Gasteiger partial charge is 0.231 e. The number of amides is 2. The monoisotopic (exact) mass is 411 g/mol. The first-order valence-electron chi connectivity index (χ1n) is 8.91. The Morgan fingerprint density at radius 1 is 1.21 bits per heavy atom. The highest BCUT2D eigenvalue weighted by molar-refractivity contribution is 7.16. The van der Waals surface area contributed by atoms with E-state index in [1.165, 1.54) is 11.3 Å². The van der Waals surface area contributed by atoms with Crippen molar-refractivity contribution >= 4 is 45.6 Å². The topological polar surface area (TPSA) is 62.3 Å². The lowest BCUT2D eigenvalue weighted by Gasteiger charge is -2.16. The minimum absolute atomic E-state index is 0.0808. The van der Waals surface area contributed by atoms with Crippen molar-refractivity contribution in [1.82, 2.24) is 4.98 Å². The Bertz CT molecular complexity index is 1040. The summed E-state index contributed by atoms with van der Waals surface area (Å²) in [4.78, 5) is 32.3. The number of nitrogens with one attached hydrogen (secondary N) is 1. The molecule has 0 spiro atoms.